The second-order valence-corrected chi connectivity index (χ2v) is 6.39. The van der Waals surface area contributed by atoms with E-state index in [0.29, 0.717) is 12.2 Å². The number of anilines is 2. The Hall–Kier alpha value is -2.49. The van der Waals surface area contributed by atoms with Crippen molar-refractivity contribution in [2.75, 3.05) is 29.9 Å². The Morgan fingerprint density at radius 3 is 2.52 bits per heavy atom. The van der Waals surface area contributed by atoms with Gasteiger partial charge in [-0.3, -0.25) is 4.79 Å². The summed E-state index contributed by atoms with van der Waals surface area (Å²) in [5.74, 6) is 0.717. The summed E-state index contributed by atoms with van der Waals surface area (Å²) in [6.07, 6.45) is 4.57. The van der Waals surface area contributed by atoms with Gasteiger partial charge in [-0.25, -0.2) is 0 Å². The van der Waals surface area contributed by atoms with E-state index < -0.39 is 0 Å². The zero-order valence-corrected chi connectivity index (χ0v) is 14.8. The summed E-state index contributed by atoms with van der Waals surface area (Å²) in [5.41, 5.74) is 2.62. The molecule has 25 heavy (non-hydrogen) atoms. The molecule has 132 valence electrons. The van der Waals surface area contributed by atoms with Crippen molar-refractivity contribution < 1.29 is 9.53 Å². The Balaban J connectivity index is 1.66. The van der Waals surface area contributed by atoms with Crippen LogP contribution < -0.4 is 15.0 Å². The molecule has 0 atom stereocenters. The maximum absolute atomic E-state index is 12.6. The van der Waals surface area contributed by atoms with E-state index in [1.54, 1.807) is 0 Å². The summed E-state index contributed by atoms with van der Waals surface area (Å²) in [7, 11) is 0. The molecule has 1 aliphatic heterocycles. The quantitative estimate of drug-likeness (QED) is 0.743. The van der Waals surface area contributed by atoms with Gasteiger partial charge in [0.25, 0.3) is 5.91 Å². The van der Waals surface area contributed by atoms with E-state index in [4.69, 9.17) is 4.74 Å². The minimum Gasteiger partial charge on any atom is -0.494 e. The third-order valence-electron chi connectivity index (χ3n) is 4.48. The number of carbonyl (C=O) groups is 1. The van der Waals surface area contributed by atoms with Crippen molar-refractivity contribution in [3.8, 4) is 5.75 Å². The minimum absolute atomic E-state index is 0.0910. The van der Waals surface area contributed by atoms with Crippen LogP contribution in [0.15, 0.2) is 48.5 Å². The van der Waals surface area contributed by atoms with Crippen LogP contribution in [0.3, 0.4) is 0 Å². The smallest absolute Gasteiger partial charge is 0.255 e. The van der Waals surface area contributed by atoms with Gasteiger partial charge in [0.2, 0.25) is 0 Å². The van der Waals surface area contributed by atoms with Crippen molar-refractivity contribution in [3.63, 3.8) is 0 Å². The van der Waals surface area contributed by atoms with Gasteiger partial charge in [-0.2, -0.15) is 0 Å². The number of ether oxygens (including phenoxy) is 1. The SMILES string of the molecule is CCCCOc1ccc(C(=O)Nc2ccccc2N2CCCC2)cc1. The maximum Gasteiger partial charge on any atom is 0.255 e. The molecular weight excluding hydrogens is 312 g/mol. The van der Waals surface area contributed by atoms with Crippen molar-refractivity contribution >= 4 is 17.3 Å². The van der Waals surface area contributed by atoms with Crippen molar-refractivity contribution in [1.29, 1.82) is 0 Å². The molecule has 3 rings (SSSR count). The molecule has 1 aliphatic rings. The predicted octanol–water partition coefficient (Wildman–Crippen LogP) is 4.72. The van der Waals surface area contributed by atoms with Gasteiger partial charge < -0.3 is 15.0 Å². The third kappa shape index (κ3) is 4.53. The number of carbonyl (C=O) groups excluding carboxylic acids is 1. The fourth-order valence-electron chi connectivity index (χ4n) is 3.04. The molecule has 0 unspecified atom stereocenters. The maximum atomic E-state index is 12.6. The van der Waals surface area contributed by atoms with Crippen LogP contribution in [0.2, 0.25) is 0 Å². The number of nitrogens with one attached hydrogen (secondary N) is 1. The highest BCUT2D eigenvalue weighted by molar-refractivity contribution is 6.06. The number of hydrogen-bond donors (Lipinski definition) is 1. The van der Waals surface area contributed by atoms with Gasteiger partial charge >= 0.3 is 0 Å². The first-order valence-corrected chi connectivity index (χ1v) is 9.16. The van der Waals surface area contributed by atoms with E-state index in [0.717, 1.165) is 43.1 Å². The normalized spacial score (nSPS) is 13.7. The Labute approximate surface area is 149 Å². The first-order valence-electron chi connectivity index (χ1n) is 9.16. The van der Waals surface area contributed by atoms with Crippen LogP contribution >= 0.6 is 0 Å². The number of benzene rings is 2. The summed E-state index contributed by atoms with van der Waals surface area (Å²) >= 11 is 0. The van der Waals surface area contributed by atoms with Gasteiger partial charge in [-0.1, -0.05) is 25.5 Å². The van der Waals surface area contributed by atoms with E-state index in [2.05, 4.69) is 23.2 Å². The van der Waals surface area contributed by atoms with Crippen LogP contribution in [0.1, 0.15) is 43.0 Å². The molecule has 0 bridgehead atoms. The van der Waals surface area contributed by atoms with Crippen molar-refractivity contribution in [2.45, 2.75) is 32.6 Å². The van der Waals surface area contributed by atoms with Crippen LogP contribution in [-0.2, 0) is 0 Å². The molecular formula is C21H26N2O2. The van der Waals surface area contributed by atoms with E-state index in [-0.39, 0.29) is 5.91 Å². The van der Waals surface area contributed by atoms with Crippen LogP contribution in [0.5, 0.6) is 5.75 Å². The predicted molar refractivity (Wildman–Crippen MR) is 103 cm³/mol. The molecule has 0 aliphatic carbocycles. The lowest BCUT2D eigenvalue weighted by Gasteiger charge is -2.21. The monoisotopic (exact) mass is 338 g/mol. The number of rotatable bonds is 7. The van der Waals surface area contributed by atoms with Gasteiger partial charge in [0, 0.05) is 18.7 Å². The number of nitrogens with zero attached hydrogens (tertiary/aromatic N) is 1. The second-order valence-electron chi connectivity index (χ2n) is 6.39. The molecule has 0 saturated carbocycles. The largest absolute Gasteiger partial charge is 0.494 e. The summed E-state index contributed by atoms with van der Waals surface area (Å²) in [6, 6.07) is 15.4. The molecule has 2 aromatic carbocycles. The van der Waals surface area contributed by atoms with Gasteiger partial charge in [-0.05, 0) is 55.7 Å². The number of para-hydroxylation sites is 2. The average Bonchev–Trinajstić information content (AvgIpc) is 3.17. The van der Waals surface area contributed by atoms with Gasteiger partial charge in [0.1, 0.15) is 5.75 Å². The van der Waals surface area contributed by atoms with Gasteiger partial charge in [0.05, 0.1) is 18.0 Å². The highest BCUT2D eigenvalue weighted by Gasteiger charge is 2.17. The highest BCUT2D eigenvalue weighted by atomic mass is 16.5. The molecule has 0 spiro atoms. The van der Waals surface area contributed by atoms with Crippen molar-refractivity contribution in [2.24, 2.45) is 0 Å². The average molecular weight is 338 g/mol. The van der Waals surface area contributed by atoms with Crippen LogP contribution in [0, 0.1) is 0 Å². The van der Waals surface area contributed by atoms with E-state index in [9.17, 15) is 4.79 Å². The summed E-state index contributed by atoms with van der Waals surface area (Å²) in [5, 5.41) is 3.05. The van der Waals surface area contributed by atoms with Crippen LogP contribution in [0.4, 0.5) is 11.4 Å². The molecule has 1 amide bonds. The first-order chi connectivity index (χ1) is 12.3. The van der Waals surface area contributed by atoms with Gasteiger partial charge in [0.15, 0.2) is 0 Å². The second kappa shape index (κ2) is 8.56. The lowest BCUT2D eigenvalue weighted by molar-refractivity contribution is 0.102. The number of hydrogen-bond acceptors (Lipinski definition) is 3. The molecule has 4 heteroatoms. The molecule has 1 fully saturated rings. The summed E-state index contributed by atoms with van der Waals surface area (Å²) in [6.45, 7) is 4.95. The molecule has 1 N–H and O–H groups in total. The van der Waals surface area contributed by atoms with E-state index in [1.807, 2.05) is 42.5 Å². The topological polar surface area (TPSA) is 41.6 Å². The lowest BCUT2D eigenvalue weighted by Crippen LogP contribution is -2.21. The number of unbranched alkanes of at least 4 members (excludes halogenated alkanes) is 1. The lowest BCUT2D eigenvalue weighted by atomic mass is 10.2. The Morgan fingerprint density at radius 1 is 1.08 bits per heavy atom. The zero-order chi connectivity index (χ0) is 17.5. The Bertz CT molecular complexity index is 691. The van der Waals surface area contributed by atoms with E-state index in [1.165, 1.54) is 12.8 Å². The van der Waals surface area contributed by atoms with Crippen molar-refractivity contribution in [1.82, 2.24) is 0 Å². The molecule has 2 aromatic rings. The van der Waals surface area contributed by atoms with Crippen molar-refractivity contribution in [3.05, 3.63) is 54.1 Å². The summed E-state index contributed by atoms with van der Waals surface area (Å²) in [4.78, 5) is 14.9. The molecule has 1 saturated heterocycles. The van der Waals surface area contributed by atoms with Gasteiger partial charge in [-0.15, -0.1) is 0 Å². The molecule has 4 nitrogen and oxygen atoms in total. The minimum atomic E-state index is -0.0910. The Kier molecular flexibility index (Phi) is 5.94. The molecule has 1 heterocycles. The van der Waals surface area contributed by atoms with Crippen LogP contribution in [-0.4, -0.2) is 25.6 Å². The molecule has 0 aromatic heterocycles. The van der Waals surface area contributed by atoms with E-state index >= 15 is 0 Å². The highest BCUT2D eigenvalue weighted by Crippen LogP contribution is 2.29. The summed E-state index contributed by atoms with van der Waals surface area (Å²) < 4.78 is 5.65. The third-order valence-corrected chi connectivity index (χ3v) is 4.48. The fourth-order valence-corrected chi connectivity index (χ4v) is 3.04. The first kappa shape index (κ1) is 17.3. The molecule has 0 radical (unpaired) electrons. The van der Waals surface area contributed by atoms with Crippen LogP contribution in [0.25, 0.3) is 0 Å². The number of amides is 1. The fraction of sp³-hybridized carbons (Fsp3) is 0.381. The standard InChI is InChI=1S/C21H26N2O2/c1-2-3-16-25-18-12-10-17(11-13-18)21(24)22-19-8-4-5-9-20(19)23-14-6-7-15-23/h4-5,8-13H,2-3,6-7,14-16H2,1H3,(H,22,24). The Morgan fingerprint density at radius 2 is 1.80 bits per heavy atom. The zero-order valence-electron chi connectivity index (χ0n) is 14.8.